The Hall–Kier alpha value is -2.32. The molecule has 6 nitrogen and oxygen atoms in total. The Morgan fingerprint density at radius 2 is 2.10 bits per heavy atom. The van der Waals surface area contributed by atoms with Crippen LogP contribution in [0.1, 0.15) is 12.5 Å². The Morgan fingerprint density at radius 1 is 1.45 bits per heavy atom. The van der Waals surface area contributed by atoms with Crippen molar-refractivity contribution in [1.82, 2.24) is 0 Å². The largest absolute Gasteiger partial charge is 0.465 e. The van der Waals surface area contributed by atoms with Gasteiger partial charge in [-0.15, -0.1) is 0 Å². The number of nitrogens with zero attached hydrogens (tertiary/aromatic N) is 1. The van der Waals surface area contributed by atoms with Crippen molar-refractivity contribution in [1.29, 1.82) is 0 Å². The first kappa shape index (κ1) is 15.7. The molecule has 1 N–H and O–H groups in total. The Balaban J connectivity index is 2.97. The first-order valence-corrected chi connectivity index (χ1v) is 5.50. The van der Waals surface area contributed by atoms with Crippen LogP contribution in [0.3, 0.4) is 0 Å². The molecule has 20 heavy (non-hydrogen) atoms. The lowest BCUT2D eigenvalue weighted by molar-refractivity contribution is -0.384. The summed E-state index contributed by atoms with van der Waals surface area (Å²) in [4.78, 5) is 20.9. The molecule has 9 heteroatoms. The average Bonchev–Trinajstić information content (AvgIpc) is 2.35. The number of benzene rings is 1. The zero-order chi connectivity index (χ0) is 15.3. The third-order valence-electron chi connectivity index (χ3n) is 2.25. The van der Waals surface area contributed by atoms with Gasteiger partial charge < -0.3 is 10.1 Å². The minimum Gasteiger partial charge on any atom is -0.465 e. The molecule has 0 heterocycles. The molecule has 0 bridgehead atoms. The fraction of sp³-hybridized carbons (Fsp3) is 0.364. The van der Waals surface area contributed by atoms with Gasteiger partial charge in [-0.25, -0.2) is 0 Å². The van der Waals surface area contributed by atoms with E-state index in [1.54, 1.807) is 6.92 Å². The highest BCUT2D eigenvalue weighted by atomic mass is 19.4. The van der Waals surface area contributed by atoms with Crippen molar-refractivity contribution in [2.75, 3.05) is 18.5 Å². The number of rotatable bonds is 5. The molecule has 0 spiro atoms. The molecular weight excluding hydrogens is 281 g/mol. The molecule has 0 fully saturated rings. The fourth-order valence-corrected chi connectivity index (χ4v) is 1.39. The number of nitro benzene ring substituents is 1. The molecule has 1 aromatic rings. The minimum absolute atomic E-state index is 0.135. The first-order chi connectivity index (χ1) is 9.25. The summed E-state index contributed by atoms with van der Waals surface area (Å²) < 4.78 is 42.0. The fourth-order valence-electron chi connectivity index (χ4n) is 1.39. The molecule has 0 aliphatic rings. The van der Waals surface area contributed by atoms with Crippen molar-refractivity contribution in [2.24, 2.45) is 0 Å². The van der Waals surface area contributed by atoms with Gasteiger partial charge in [0.15, 0.2) is 0 Å². The first-order valence-electron chi connectivity index (χ1n) is 5.50. The van der Waals surface area contributed by atoms with E-state index in [9.17, 15) is 28.1 Å². The Kier molecular flexibility index (Phi) is 4.89. The van der Waals surface area contributed by atoms with E-state index in [1.165, 1.54) is 0 Å². The highest BCUT2D eigenvalue weighted by molar-refractivity contribution is 5.76. The number of halogens is 3. The van der Waals surface area contributed by atoms with Crippen molar-refractivity contribution >= 4 is 17.3 Å². The van der Waals surface area contributed by atoms with Gasteiger partial charge in [0.05, 0.1) is 17.1 Å². The second-order valence-corrected chi connectivity index (χ2v) is 3.65. The van der Waals surface area contributed by atoms with Crippen LogP contribution in [0.25, 0.3) is 0 Å². The third kappa shape index (κ3) is 4.11. The van der Waals surface area contributed by atoms with Crippen molar-refractivity contribution in [2.45, 2.75) is 13.1 Å². The highest BCUT2D eigenvalue weighted by Gasteiger charge is 2.33. The summed E-state index contributed by atoms with van der Waals surface area (Å²) in [6.45, 7) is 1.34. The summed E-state index contributed by atoms with van der Waals surface area (Å²) >= 11 is 0. The number of carbonyl (C=O) groups excluding carboxylic acids is 1. The van der Waals surface area contributed by atoms with Crippen LogP contribution in [0.15, 0.2) is 18.2 Å². The topological polar surface area (TPSA) is 81.5 Å². The van der Waals surface area contributed by atoms with Crippen molar-refractivity contribution in [3.8, 4) is 0 Å². The monoisotopic (exact) mass is 292 g/mol. The molecule has 0 aliphatic carbocycles. The van der Waals surface area contributed by atoms with Gasteiger partial charge in [0.1, 0.15) is 12.2 Å². The molecule has 0 saturated carbocycles. The maximum absolute atomic E-state index is 12.5. The van der Waals surface area contributed by atoms with Crippen molar-refractivity contribution in [3.05, 3.63) is 33.9 Å². The van der Waals surface area contributed by atoms with Gasteiger partial charge in [-0.3, -0.25) is 14.9 Å². The van der Waals surface area contributed by atoms with E-state index in [-0.39, 0.29) is 18.8 Å². The van der Waals surface area contributed by atoms with Crippen LogP contribution in [0, 0.1) is 10.1 Å². The molecule has 0 saturated heterocycles. The van der Waals surface area contributed by atoms with Gasteiger partial charge >= 0.3 is 12.1 Å². The average molecular weight is 292 g/mol. The molecule has 0 aliphatic heterocycles. The van der Waals surface area contributed by atoms with Crippen LogP contribution in [-0.4, -0.2) is 24.0 Å². The highest BCUT2D eigenvalue weighted by Crippen LogP contribution is 2.34. The molecule has 110 valence electrons. The molecule has 0 unspecified atom stereocenters. The van der Waals surface area contributed by atoms with Crippen LogP contribution >= 0.6 is 0 Å². The predicted octanol–water partition coefficient (Wildman–Crippen LogP) is 2.59. The second-order valence-electron chi connectivity index (χ2n) is 3.65. The predicted molar refractivity (Wildman–Crippen MR) is 63.2 cm³/mol. The number of alkyl halides is 3. The number of hydrogen-bond donors (Lipinski definition) is 1. The summed E-state index contributed by atoms with van der Waals surface area (Å²) in [6.07, 6.45) is -4.68. The van der Waals surface area contributed by atoms with Crippen molar-refractivity contribution < 1.29 is 27.6 Å². The molecule has 0 amide bonds. The quantitative estimate of drug-likeness (QED) is 0.512. The summed E-state index contributed by atoms with van der Waals surface area (Å²) in [5, 5.41) is 13.1. The van der Waals surface area contributed by atoms with Gasteiger partial charge in [-0.05, 0) is 19.1 Å². The summed E-state index contributed by atoms with van der Waals surface area (Å²) in [5.41, 5.74) is -2.08. The van der Waals surface area contributed by atoms with Crippen LogP contribution < -0.4 is 5.32 Å². The number of hydrogen-bond acceptors (Lipinski definition) is 5. The van der Waals surface area contributed by atoms with E-state index in [0.29, 0.717) is 12.1 Å². The summed E-state index contributed by atoms with van der Waals surface area (Å²) in [5.74, 6) is -0.665. The molecule has 0 atom stereocenters. The maximum atomic E-state index is 12.5. The standard InChI is InChI=1S/C11H11F3N2O4/c1-2-20-10(17)6-15-8-4-3-7(11(12,13)14)5-9(8)16(18)19/h3-5,15H,2,6H2,1H3. The normalized spacial score (nSPS) is 11.0. The van der Waals surface area contributed by atoms with E-state index in [1.807, 2.05) is 0 Å². The minimum atomic E-state index is -4.68. The van der Waals surface area contributed by atoms with Gasteiger partial charge in [0.2, 0.25) is 0 Å². The van der Waals surface area contributed by atoms with Gasteiger partial charge in [-0.1, -0.05) is 0 Å². The SMILES string of the molecule is CCOC(=O)CNc1ccc(C(F)(F)F)cc1[N+](=O)[O-]. The van der Waals surface area contributed by atoms with Gasteiger partial charge in [-0.2, -0.15) is 13.2 Å². The molecule has 0 radical (unpaired) electrons. The van der Waals surface area contributed by atoms with E-state index in [4.69, 9.17) is 0 Å². The summed E-state index contributed by atoms with van der Waals surface area (Å²) in [6, 6.07) is 2.01. The second kappa shape index (κ2) is 6.22. The van der Waals surface area contributed by atoms with E-state index in [0.717, 1.165) is 6.07 Å². The Bertz CT molecular complexity index is 517. The number of esters is 1. The summed E-state index contributed by atoms with van der Waals surface area (Å²) in [7, 11) is 0. The number of anilines is 1. The molecular formula is C11H11F3N2O4. The maximum Gasteiger partial charge on any atom is 0.416 e. The van der Waals surface area contributed by atoms with E-state index < -0.39 is 28.3 Å². The Morgan fingerprint density at radius 3 is 2.60 bits per heavy atom. The van der Waals surface area contributed by atoms with Crippen molar-refractivity contribution in [3.63, 3.8) is 0 Å². The van der Waals surface area contributed by atoms with Gasteiger partial charge in [0.25, 0.3) is 5.69 Å². The zero-order valence-electron chi connectivity index (χ0n) is 10.4. The lowest BCUT2D eigenvalue weighted by Crippen LogP contribution is -2.17. The van der Waals surface area contributed by atoms with E-state index in [2.05, 4.69) is 10.1 Å². The van der Waals surface area contributed by atoms with Crippen LogP contribution in [-0.2, 0) is 15.7 Å². The zero-order valence-corrected chi connectivity index (χ0v) is 10.4. The van der Waals surface area contributed by atoms with Crippen LogP contribution in [0.2, 0.25) is 0 Å². The smallest absolute Gasteiger partial charge is 0.416 e. The van der Waals surface area contributed by atoms with Crippen LogP contribution in [0.4, 0.5) is 24.5 Å². The molecule has 1 rings (SSSR count). The van der Waals surface area contributed by atoms with Gasteiger partial charge in [0, 0.05) is 6.07 Å². The number of ether oxygens (including phenoxy) is 1. The molecule has 1 aromatic carbocycles. The Labute approximate surface area is 111 Å². The molecule has 0 aromatic heterocycles. The number of carbonyl (C=O) groups is 1. The van der Waals surface area contributed by atoms with E-state index >= 15 is 0 Å². The third-order valence-corrected chi connectivity index (χ3v) is 2.25. The lowest BCUT2D eigenvalue weighted by Gasteiger charge is -2.10. The lowest BCUT2D eigenvalue weighted by atomic mass is 10.1. The van der Waals surface area contributed by atoms with Crippen LogP contribution in [0.5, 0.6) is 0 Å². The number of nitro groups is 1. The number of nitrogens with one attached hydrogen (secondary N) is 1.